The molecule has 0 N–H and O–H groups in total. The van der Waals surface area contributed by atoms with E-state index in [0.29, 0.717) is 5.75 Å². The molecule has 0 bridgehead atoms. The predicted molar refractivity (Wildman–Crippen MR) is 126 cm³/mol. The van der Waals surface area contributed by atoms with Gasteiger partial charge in [0.2, 0.25) is 5.60 Å². The van der Waals surface area contributed by atoms with Crippen LogP contribution in [0.3, 0.4) is 0 Å². The Balaban J connectivity index is 2.25. The smallest absolute Gasteiger partial charge is 0.211 e. The molecule has 3 aromatic carbocycles. The van der Waals surface area contributed by atoms with E-state index in [2.05, 4.69) is 43.3 Å². The third-order valence-electron chi connectivity index (χ3n) is 4.26. The zero-order valence-electron chi connectivity index (χ0n) is 17.9. The van der Waals surface area contributed by atoms with Gasteiger partial charge in [0.25, 0.3) is 0 Å². The lowest BCUT2D eigenvalue weighted by Gasteiger charge is -2.32. The Bertz CT molecular complexity index is 1030. The molecule has 0 fully saturated rings. The van der Waals surface area contributed by atoms with Crippen LogP contribution in [0.4, 0.5) is 0 Å². The van der Waals surface area contributed by atoms with E-state index in [0.717, 1.165) is 16.7 Å². The Morgan fingerprint density at radius 2 is 1.13 bits per heavy atom. The minimum absolute atomic E-state index is 0.709. The molecule has 0 amide bonds. The largest absolute Gasteiger partial charge is 0.496 e. The van der Waals surface area contributed by atoms with Crippen LogP contribution in [0.25, 0.3) is 0 Å². The lowest BCUT2D eigenvalue weighted by atomic mass is 9.93. The van der Waals surface area contributed by atoms with E-state index in [9.17, 15) is 0 Å². The van der Waals surface area contributed by atoms with Gasteiger partial charge in [0.15, 0.2) is 8.32 Å². The predicted octanol–water partition coefficient (Wildman–Crippen LogP) is 5.85. The van der Waals surface area contributed by atoms with Crippen LogP contribution in [0.5, 0.6) is 5.75 Å². The number of benzene rings is 3. The zero-order valence-corrected chi connectivity index (χ0v) is 18.9. The van der Waals surface area contributed by atoms with Crippen molar-refractivity contribution in [3.05, 3.63) is 102 Å². The van der Waals surface area contributed by atoms with Crippen LogP contribution in [0.1, 0.15) is 16.7 Å². The van der Waals surface area contributed by atoms with Crippen LogP contribution < -0.4 is 4.74 Å². The number of para-hydroxylation sites is 1. The van der Waals surface area contributed by atoms with Crippen molar-refractivity contribution >= 4 is 8.32 Å². The van der Waals surface area contributed by atoms with Crippen LogP contribution in [-0.2, 0) is 10.0 Å². The van der Waals surface area contributed by atoms with E-state index in [1.165, 1.54) is 0 Å². The van der Waals surface area contributed by atoms with Crippen molar-refractivity contribution in [1.82, 2.24) is 0 Å². The van der Waals surface area contributed by atoms with Gasteiger partial charge in [-0.05, 0) is 61.8 Å². The summed E-state index contributed by atoms with van der Waals surface area (Å²) in [6, 6.07) is 27.6. The quantitative estimate of drug-likeness (QED) is 0.397. The third kappa shape index (κ3) is 5.64. The molecule has 0 heterocycles. The fourth-order valence-electron chi connectivity index (χ4n) is 3.03. The first-order chi connectivity index (χ1) is 14.4. The number of hydrogen-bond acceptors (Lipinski definition) is 2. The monoisotopic (exact) mass is 410 g/mol. The van der Waals surface area contributed by atoms with E-state index >= 15 is 0 Å². The first-order valence-electron chi connectivity index (χ1n) is 9.92. The fraction of sp³-hybridized carbons (Fsp3) is 0.185. The van der Waals surface area contributed by atoms with Gasteiger partial charge in [-0.15, -0.1) is 0 Å². The first kappa shape index (κ1) is 21.5. The molecule has 0 radical (unpaired) electrons. The molecular formula is C27H26O2Si. The normalized spacial score (nSPS) is 10.9. The number of hydrogen-bond donors (Lipinski definition) is 0. The van der Waals surface area contributed by atoms with E-state index in [4.69, 9.17) is 9.16 Å². The minimum atomic E-state index is -2.05. The maximum Gasteiger partial charge on any atom is 0.211 e. The van der Waals surface area contributed by atoms with Gasteiger partial charge in [0.05, 0.1) is 7.11 Å². The molecule has 2 nitrogen and oxygen atoms in total. The first-order valence-corrected chi connectivity index (χ1v) is 13.3. The lowest BCUT2D eigenvalue weighted by molar-refractivity contribution is 0.181. The van der Waals surface area contributed by atoms with Gasteiger partial charge in [0, 0.05) is 16.7 Å². The van der Waals surface area contributed by atoms with E-state index in [1.807, 2.05) is 84.9 Å². The van der Waals surface area contributed by atoms with Crippen molar-refractivity contribution < 1.29 is 9.16 Å². The summed E-state index contributed by atoms with van der Waals surface area (Å²) in [6.07, 6.45) is 0. The molecule has 0 saturated carbocycles. The molecule has 0 spiro atoms. The molecule has 0 aliphatic heterocycles. The second-order valence-electron chi connectivity index (χ2n) is 7.83. The standard InChI is InChI=1S/C27H26O2Si/c1-28-26-18-12-11-17-25(26)27(29-30(2,3)4,21-19-23-13-7-5-8-14-23)22-20-24-15-9-6-10-16-24/h5-18H,1-4H3. The average molecular weight is 411 g/mol. The SMILES string of the molecule is COc1ccccc1C(C#Cc1ccccc1)(C#Cc1ccccc1)O[Si](C)(C)C. The summed E-state index contributed by atoms with van der Waals surface area (Å²) < 4.78 is 12.4. The number of methoxy groups -OCH3 is 1. The van der Waals surface area contributed by atoms with Crippen molar-refractivity contribution in [2.45, 2.75) is 25.2 Å². The Kier molecular flexibility index (Phi) is 6.80. The Morgan fingerprint density at radius 1 is 0.667 bits per heavy atom. The molecule has 0 atom stereocenters. The van der Waals surface area contributed by atoms with Gasteiger partial charge >= 0.3 is 0 Å². The molecule has 0 aromatic heterocycles. The lowest BCUT2D eigenvalue weighted by Crippen LogP contribution is -2.39. The molecular weight excluding hydrogens is 384 g/mol. The molecule has 3 aromatic rings. The van der Waals surface area contributed by atoms with Crippen LogP contribution in [0, 0.1) is 23.7 Å². The van der Waals surface area contributed by atoms with Gasteiger partial charge in [-0.25, -0.2) is 0 Å². The van der Waals surface area contributed by atoms with Gasteiger partial charge < -0.3 is 9.16 Å². The van der Waals surface area contributed by atoms with Crippen LogP contribution in [0.15, 0.2) is 84.9 Å². The highest BCUT2D eigenvalue weighted by molar-refractivity contribution is 6.69. The topological polar surface area (TPSA) is 18.5 Å². The fourth-order valence-corrected chi connectivity index (χ4v) is 4.16. The maximum atomic E-state index is 6.71. The molecule has 30 heavy (non-hydrogen) atoms. The highest BCUT2D eigenvalue weighted by atomic mass is 28.4. The summed E-state index contributed by atoms with van der Waals surface area (Å²) in [5.41, 5.74) is 1.54. The second kappa shape index (κ2) is 9.50. The minimum Gasteiger partial charge on any atom is -0.496 e. The molecule has 0 saturated heterocycles. The van der Waals surface area contributed by atoms with Gasteiger partial charge in [-0.2, -0.15) is 0 Å². The Labute approximate surface area is 181 Å². The van der Waals surface area contributed by atoms with E-state index in [-0.39, 0.29) is 0 Å². The van der Waals surface area contributed by atoms with Gasteiger partial charge in [-0.1, -0.05) is 66.4 Å². The highest BCUT2D eigenvalue weighted by Crippen LogP contribution is 2.35. The Morgan fingerprint density at radius 3 is 1.60 bits per heavy atom. The van der Waals surface area contributed by atoms with Crippen LogP contribution in [-0.4, -0.2) is 15.4 Å². The van der Waals surface area contributed by atoms with E-state index < -0.39 is 13.9 Å². The van der Waals surface area contributed by atoms with Crippen molar-refractivity contribution in [1.29, 1.82) is 0 Å². The summed E-state index contributed by atoms with van der Waals surface area (Å²) in [5, 5.41) is 0. The Hall–Kier alpha value is -3.24. The second-order valence-corrected chi connectivity index (χ2v) is 12.3. The summed E-state index contributed by atoms with van der Waals surface area (Å²) in [6.45, 7) is 6.43. The average Bonchev–Trinajstić information content (AvgIpc) is 2.76. The van der Waals surface area contributed by atoms with E-state index in [1.54, 1.807) is 7.11 Å². The summed E-state index contributed by atoms with van der Waals surface area (Å²) in [4.78, 5) is 0. The van der Waals surface area contributed by atoms with Crippen LogP contribution >= 0.6 is 0 Å². The summed E-state index contributed by atoms with van der Waals surface area (Å²) >= 11 is 0. The highest BCUT2D eigenvalue weighted by Gasteiger charge is 2.37. The van der Waals surface area contributed by atoms with Crippen molar-refractivity contribution in [3.63, 3.8) is 0 Å². The van der Waals surface area contributed by atoms with Crippen molar-refractivity contribution in [2.75, 3.05) is 7.11 Å². The molecule has 0 aliphatic carbocycles. The van der Waals surface area contributed by atoms with Crippen LogP contribution in [0.2, 0.25) is 19.6 Å². The third-order valence-corrected chi connectivity index (χ3v) is 5.18. The van der Waals surface area contributed by atoms with Gasteiger partial charge in [0.1, 0.15) is 5.75 Å². The molecule has 3 heteroatoms. The zero-order chi connectivity index (χ0) is 21.5. The number of ether oxygens (including phenoxy) is 1. The number of rotatable bonds is 4. The summed E-state index contributed by atoms with van der Waals surface area (Å²) in [7, 11) is -0.388. The molecule has 0 aliphatic rings. The van der Waals surface area contributed by atoms with Crippen molar-refractivity contribution in [3.8, 4) is 29.4 Å². The van der Waals surface area contributed by atoms with Crippen molar-refractivity contribution in [2.24, 2.45) is 0 Å². The summed E-state index contributed by atoms with van der Waals surface area (Å²) in [5.74, 6) is 14.0. The van der Waals surface area contributed by atoms with Gasteiger partial charge in [-0.3, -0.25) is 0 Å². The molecule has 150 valence electrons. The molecule has 0 unspecified atom stereocenters. The maximum absolute atomic E-state index is 6.71. The molecule has 3 rings (SSSR count).